The maximum absolute atomic E-state index is 4.23. The van der Waals surface area contributed by atoms with Crippen LogP contribution < -0.4 is 0 Å². The summed E-state index contributed by atoms with van der Waals surface area (Å²) in [6.45, 7) is 4.06. The molecule has 0 aliphatic heterocycles. The molecule has 1 heteroatoms. The highest BCUT2D eigenvalue weighted by atomic mass is 14.7. The highest BCUT2D eigenvalue weighted by molar-refractivity contribution is 5.57. The van der Waals surface area contributed by atoms with Crippen LogP contribution in [0.4, 0.5) is 0 Å². The fourth-order valence-electron chi connectivity index (χ4n) is 1.08. The Morgan fingerprint density at radius 1 is 1.40 bits per heavy atom. The molecule has 1 nitrogen and oxygen atoms in total. The van der Waals surface area contributed by atoms with Crippen LogP contribution in [0, 0.1) is 0 Å². The Bertz CT molecular complexity index is 197. The molecular weight excluding hydrogens is 122 g/mol. The summed E-state index contributed by atoms with van der Waals surface area (Å²) in [5, 5.41) is 0. The van der Waals surface area contributed by atoms with E-state index in [1.807, 2.05) is 13.1 Å². The fraction of sp³-hybridized carbons (Fsp3) is 0.444. The SMILES string of the molecule is CC=NC1=CCCC=C1C. The van der Waals surface area contributed by atoms with Crippen molar-refractivity contribution < 1.29 is 0 Å². The lowest BCUT2D eigenvalue weighted by molar-refractivity contribution is 0.983. The zero-order chi connectivity index (χ0) is 7.40. The van der Waals surface area contributed by atoms with Gasteiger partial charge in [0.25, 0.3) is 0 Å². The zero-order valence-corrected chi connectivity index (χ0v) is 6.59. The number of allylic oxidation sites excluding steroid dienone is 3. The van der Waals surface area contributed by atoms with Crippen molar-refractivity contribution in [2.24, 2.45) is 4.99 Å². The minimum absolute atomic E-state index is 1.14. The summed E-state index contributed by atoms with van der Waals surface area (Å²) < 4.78 is 0. The predicted octanol–water partition coefficient (Wildman–Crippen LogP) is 2.70. The second kappa shape index (κ2) is 3.35. The van der Waals surface area contributed by atoms with E-state index in [0.717, 1.165) is 12.1 Å². The zero-order valence-electron chi connectivity index (χ0n) is 6.59. The van der Waals surface area contributed by atoms with Crippen molar-refractivity contribution in [2.45, 2.75) is 26.7 Å². The van der Waals surface area contributed by atoms with E-state index in [2.05, 4.69) is 24.1 Å². The lowest BCUT2D eigenvalue weighted by Gasteiger charge is -2.06. The summed E-state index contributed by atoms with van der Waals surface area (Å²) in [4.78, 5) is 4.23. The highest BCUT2D eigenvalue weighted by Crippen LogP contribution is 2.18. The first-order chi connectivity index (χ1) is 4.84. The summed E-state index contributed by atoms with van der Waals surface area (Å²) in [6, 6.07) is 0. The molecule has 0 radical (unpaired) electrons. The molecule has 0 spiro atoms. The van der Waals surface area contributed by atoms with Gasteiger partial charge in [-0.2, -0.15) is 0 Å². The van der Waals surface area contributed by atoms with Gasteiger partial charge < -0.3 is 0 Å². The van der Waals surface area contributed by atoms with Crippen molar-refractivity contribution in [1.29, 1.82) is 0 Å². The van der Waals surface area contributed by atoms with Crippen LogP contribution in [-0.2, 0) is 0 Å². The quantitative estimate of drug-likeness (QED) is 0.490. The molecule has 0 fully saturated rings. The third kappa shape index (κ3) is 1.56. The second-order valence-corrected chi connectivity index (χ2v) is 2.44. The molecule has 1 aliphatic carbocycles. The molecular formula is C9H13N. The Hall–Kier alpha value is -0.850. The monoisotopic (exact) mass is 135 g/mol. The van der Waals surface area contributed by atoms with Gasteiger partial charge in [-0.1, -0.05) is 12.2 Å². The number of nitrogens with zero attached hydrogens (tertiary/aromatic N) is 1. The van der Waals surface area contributed by atoms with Crippen molar-refractivity contribution in [3.63, 3.8) is 0 Å². The fourth-order valence-corrected chi connectivity index (χ4v) is 1.08. The van der Waals surface area contributed by atoms with Crippen LogP contribution in [0.3, 0.4) is 0 Å². The van der Waals surface area contributed by atoms with E-state index in [9.17, 15) is 0 Å². The van der Waals surface area contributed by atoms with Gasteiger partial charge in [0.2, 0.25) is 0 Å². The van der Waals surface area contributed by atoms with Crippen molar-refractivity contribution in [3.8, 4) is 0 Å². The van der Waals surface area contributed by atoms with E-state index in [1.165, 1.54) is 12.0 Å². The van der Waals surface area contributed by atoms with Crippen molar-refractivity contribution >= 4 is 6.21 Å². The smallest absolute Gasteiger partial charge is 0.0611 e. The van der Waals surface area contributed by atoms with E-state index >= 15 is 0 Å². The maximum atomic E-state index is 4.23. The normalized spacial score (nSPS) is 19.0. The minimum atomic E-state index is 1.14. The summed E-state index contributed by atoms with van der Waals surface area (Å²) in [5.41, 5.74) is 2.46. The molecule has 1 rings (SSSR count). The number of aliphatic imine (C=N–C) groups is 1. The Balaban J connectivity index is 2.74. The average molecular weight is 135 g/mol. The highest BCUT2D eigenvalue weighted by Gasteiger charge is 1.99. The third-order valence-electron chi connectivity index (χ3n) is 1.63. The van der Waals surface area contributed by atoms with Gasteiger partial charge in [0.15, 0.2) is 0 Å². The molecule has 54 valence electrons. The molecule has 0 heterocycles. The summed E-state index contributed by atoms with van der Waals surface area (Å²) in [6.07, 6.45) is 8.59. The van der Waals surface area contributed by atoms with E-state index < -0.39 is 0 Å². The topological polar surface area (TPSA) is 12.4 Å². The van der Waals surface area contributed by atoms with E-state index in [1.54, 1.807) is 0 Å². The summed E-state index contributed by atoms with van der Waals surface area (Å²) in [7, 11) is 0. The number of rotatable bonds is 1. The molecule has 0 unspecified atom stereocenters. The number of hydrogen-bond acceptors (Lipinski definition) is 1. The van der Waals surface area contributed by atoms with Crippen molar-refractivity contribution in [3.05, 3.63) is 23.4 Å². The van der Waals surface area contributed by atoms with Crippen LogP contribution in [0.2, 0.25) is 0 Å². The molecule has 0 aromatic carbocycles. The standard InChI is InChI=1S/C9H13N/c1-3-10-9-7-5-4-6-8(9)2/h3,6-7H,4-5H2,1-2H3. The van der Waals surface area contributed by atoms with E-state index in [4.69, 9.17) is 0 Å². The maximum Gasteiger partial charge on any atom is 0.0611 e. The lowest BCUT2D eigenvalue weighted by atomic mass is 10.1. The van der Waals surface area contributed by atoms with Crippen LogP contribution in [0.1, 0.15) is 26.7 Å². The molecule has 0 atom stereocenters. The molecule has 0 saturated heterocycles. The van der Waals surface area contributed by atoms with Crippen LogP contribution in [0.5, 0.6) is 0 Å². The first kappa shape index (κ1) is 7.26. The second-order valence-electron chi connectivity index (χ2n) is 2.44. The molecule has 10 heavy (non-hydrogen) atoms. The molecule has 0 saturated carbocycles. The van der Waals surface area contributed by atoms with E-state index in [0.29, 0.717) is 0 Å². The van der Waals surface area contributed by atoms with Crippen LogP contribution in [0.15, 0.2) is 28.4 Å². The van der Waals surface area contributed by atoms with Gasteiger partial charge in [-0.3, -0.25) is 4.99 Å². The lowest BCUT2D eigenvalue weighted by Crippen LogP contribution is -1.88. The van der Waals surface area contributed by atoms with Crippen LogP contribution >= 0.6 is 0 Å². The Morgan fingerprint density at radius 2 is 2.10 bits per heavy atom. The van der Waals surface area contributed by atoms with Crippen molar-refractivity contribution in [1.82, 2.24) is 0 Å². The van der Waals surface area contributed by atoms with Gasteiger partial charge in [0, 0.05) is 6.21 Å². The van der Waals surface area contributed by atoms with Gasteiger partial charge in [-0.05, 0) is 32.3 Å². The minimum Gasteiger partial charge on any atom is -0.262 e. The Morgan fingerprint density at radius 3 is 2.70 bits per heavy atom. The number of hydrogen-bond donors (Lipinski definition) is 0. The molecule has 0 bridgehead atoms. The Labute approximate surface area is 62.2 Å². The van der Waals surface area contributed by atoms with Gasteiger partial charge in [0.05, 0.1) is 5.70 Å². The van der Waals surface area contributed by atoms with Crippen LogP contribution in [0.25, 0.3) is 0 Å². The average Bonchev–Trinajstić information content (AvgIpc) is 1.94. The molecule has 1 aliphatic rings. The van der Waals surface area contributed by atoms with Crippen molar-refractivity contribution in [2.75, 3.05) is 0 Å². The van der Waals surface area contributed by atoms with E-state index in [-0.39, 0.29) is 0 Å². The van der Waals surface area contributed by atoms with Gasteiger partial charge in [0.1, 0.15) is 0 Å². The third-order valence-corrected chi connectivity index (χ3v) is 1.63. The summed E-state index contributed by atoms with van der Waals surface area (Å²) in [5.74, 6) is 0. The largest absolute Gasteiger partial charge is 0.262 e. The van der Waals surface area contributed by atoms with Crippen LogP contribution in [-0.4, -0.2) is 6.21 Å². The van der Waals surface area contributed by atoms with Gasteiger partial charge in [-0.25, -0.2) is 0 Å². The van der Waals surface area contributed by atoms with Gasteiger partial charge in [-0.15, -0.1) is 0 Å². The first-order valence-corrected chi connectivity index (χ1v) is 3.70. The molecule has 0 aromatic rings. The first-order valence-electron chi connectivity index (χ1n) is 3.70. The van der Waals surface area contributed by atoms with Gasteiger partial charge >= 0.3 is 0 Å². The Kier molecular flexibility index (Phi) is 2.43. The summed E-state index contributed by atoms with van der Waals surface area (Å²) >= 11 is 0. The molecule has 0 amide bonds. The molecule has 0 N–H and O–H groups in total. The predicted molar refractivity (Wildman–Crippen MR) is 45.2 cm³/mol. The molecule has 0 aromatic heterocycles.